The highest BCUT2D eigenvalue weighted by Crippen LogP contribution is 2.28. The first-order chi connectivity index (χ1) is 17.4. The maximum Gasteiger partial charge on any atom is 0.285 e. The van der Waals surface area contributed by atoms with Gasteiger partial charge in [0, 0.05) is 35.2 Å². The van der Waals surface area contributed by atoms with E-state index >= 15 is 0 Å². The van der Waals surface area contributed by atoms with Gasteiger partial charge in [0.1, 0.15) is 16.4 Å². The Labute approximate surface area is 213 Å². The summed E-state index contributed by atoms with van der Waals surface area (Å²) in [5, 5.41) is 19.5. The molecule has 2 heterocycles. The largest absolute Gasteiger partial charge is 0.455 e. The normalized spacial score (nSPS) is 14.3. The summed E-state index contributed by atoms with van der Waals surface area (Å²) in [5.41, 5.74) is 0.577. The number of hydrogen-bond donors (Lipinski definition) is 1. The molecule has 11 nitrogen and oxygen atoms in total. The van der Waals surface area contributed by atoms with E-state index in [1.54, 1.807) is 42.5 Å². The third-order valence-corrected chi connectivity index (χ3v) is 6.56. The zero-order chi connectivity index (χ0) is 26.8. The van der Waals surface area contributed by atoms with Crippen molar-refractivity contribution in [3.05, 3.63) is 82.1 Å². The van der Waals surface area contributed by atoms with Gasteiger partial charge in [-0.05, 0) is 57.2 Å². The van der Waals surface area contributed by atoms with E-state index in [0.29, 0.717) is 22.6 Å². The Morgan fingerprint density at radius 1 is 1.14 bits per heavy atom. The highest BCUT2D eigenvalue weighted by molar-refractivity contribution is 7.90. The van der Waals surface area contributed by atoms with Gasteiger partial charge in [-0.25, -0.2) is 5.01 Å². The molecule has 0 saturated heterocycles. The number of hydrogen-bond acceptors (Lipinski definition) is 8. The Morgan fingerprint density at radius 2 is 1.84 bits per heavy atom. The van der Waals surface area contributed by atoms with Gasteiger partial charge in [0.2, 0.25) is 5.91 Å². The number of rotatable bonds is 7. The Kier molecular flexibility index (Phi) is 6.94. The van der Waals surface area contributed by atoms with Crippen LogP contribution in [0.1, 0.15) is 38.5 Å². The second-order valence-corrected chi connectivity index (χ2v) is 10.9. The standard InChI is InChI=1S/C25H25N5O6S/c1-25(2,3)27-23(31)14-15-29(24-20-6-4-5-7-22(20)37(34,35)28-24)26-16-19-12-13-21(36-19)17-8-10-18(11-9-17)30(32)33/h4-13,16H,14-15H2,1-3H3,(H,27,31). The van der Waals surface area contributed by atoms with E-state index < -0.39 is 20.5 Å². The Hall–Kier alpha value is -4.32. The van der Waals surface area contributed by atoms with Crippen LogP contribution in [0.2, 0.25) is 0 Å². The molecule has 0 bridgehead atoms. The summed E-state index contributed by atoms with van der Waals surface area (Å²) in [7, 11) is -3.89. The molecule has 0 atom stereocenters. The van der Waals surface area contributed by atoms with Crippen LogP contribution in [-0.4, -0.2) is 48.4 Å². The van der Waals surface area contributed by atoms with Gasteiger partial charge in [-0.2, -0.15) is 13.5 Å². The number of fused-ring (bicyclic) bond motifs is 1. The van der Waals surface area contributed by atoms with Crippen LogP contribution in [0.15, 0.2) is 79.5 Å². The van der Waals surface area contributed by atoms with E-state index in [2.05, 4.69) is 14.8 Å². The molecule has 0 radical (unpaired) electrons. The number of non-ortho nitro benzene ring substituents is 1. The molecule has 1 aliphatic rings. The lowest BCUT2D eigenvalue weighted by Crippen LogP contribution is -2.42. The number of benzene rings is 2. The minimum atomic E-state index is -3.89. The van der Waals surface area contributed by atoms with Crippen molar-refractivity contribution >= 4 is 33.7 Å². The lowest BCUT2D eigenvalue weighted by molar-refractivity contribution is -0.384. The zero-order valence-electron chi connectivity index (χ0n) is 20.4. The molecular weight excluding hydrogens is 498 g/mol. The smallest absolute Gasteiger partial charge is 0.285 e. The fourth-order valence-corrected chi connectivity index (χ4v) is 4.84. The molecule has 1 amide bonds. The maximum absolute atomic E-state index is 12.6. The molecule has 192 valence electrons. The molecular formula is C25H25N5O6S. The number of carbonyl (C=O) groups is 1. The molecule has 0 saturated carbocycles. The van der Waals surface area contributed by atoms with Crippen LogP contribution in [0.5, 0.6) is 0 Å². The van der Waals surface area contributed by atoms with Gasteiger partial charge in [0.15, 0.2) is 5.84 Å². The fourth-order valence-electron chi connectivity index (χ4n) is 3.63. The molecule has 0 fully saturated rings. The second kappa shape index (κ2) is 9.97. The van der Waals surface area contributed by atoms with Crippen LogP contribution in [0.4, 0.5) is 5.69 Å². The van der Waals surface area contributed by atoms with Crippen LogP contribution >= 0.6 is 0 Å². The van der Waals surface area contributed by atoms with Crippen LogP contribution in [0.3, 0.4) is 0 Å². The number of amides is 1. The van der Waals surface area contributed by atoms with E-state index in [9.17, 15) is 23.3 Å². The quantitative estimate of drug-likeness (QED) is 0.280. The second-order valence-electron chi connectivity index (χ2n) is 9.31. The number of nitrogens with one attached hydrogen (secondary N) is 1. The van der Waals surface area contributed by atoms with Crippen LogP contribution in [0.25, 0.3) is 11.3 Å². The highest BCUT2D eigenvalue weighted by Gasteiger charge is 2.32. The molecule has 0 aliphatic carbocycles. The number of nitrogens with zero attached hydrogens (tertiary/aromatic N) is 4. The van der Waals surface area contributed by atoms with Crippen molar-refractivity contribution in [2.75, 3.05) is 6.54 Å². The summed E-state index contributed by atoms with van der Waals surface area (Å²) in [6.45, 7) is 5.66. The van der Waals surface area contributed by atoms with Crippen LogP contribution < -0.4 is 5.32 Å². The molecule has 12 heteroatoms. The average Bonchev–Trinajstić information content (AvgIpc) is 3.41. The Morgan fingerprint density at radius 3 is 2.51 bits per heavy atom. The fraction of sp³-hybridized carbons (Fsp3) is 0.240. The lowest BCUT2D eigenvalue weighted by atomic mass is 10.1. The predicted molar refractivity (Wildman–Crippen MR) is 138 cm³/mol. The first-order valence-corrected chi connectivity index (χ1v) is 12.8. The summed E-state index contributed by atoms with van der Waals surface area (Å²) in [6.07, 6.45) is 1.44. The van der Waals surface area contributed by atoms with Crippen LogP contribution in [-0.2, 0) is 14.8 Å². The van der Waals surface area contributed by atoms with E-state index in [1.807, 2.05) is 20.8 Å². The first kappa shape index (κ1) is 25.8. The van der Waals surface area contributed by atoms with Crippen molar-refractivity contribution in [1.29, 1.82) is 0 Å². The third-order valence-electron chi connectivity index (χ3n) is 5.24. The summed E-state index contributed by atoms with van der Waals surface area (Å²) < 4.78 is 34.9. The van der Waals surface area contributed by atoms with Gasteiger partial charge in [0.25, 0.3) is 15.7 Å². The molecule has 3 aromatic rings. The van der Waals surface area contributed by atoms with Crippen molar-refractivity contribution in [3.8, 4) is 11.3 Å². The molecule has 1 N–H and O–H groups in total. The average molecular weight is 524 g/mol. The molecule has 1 aromatic heterocycles. The van der Waals surface area contributed by atoms with Crippen LogP contribution in [0, 0.1) is 10.1 Å². The van der Waals surface area contributed by atoms with Gasteiger partial charge in [-0.15, -0.1) is 4.40 Å². The topological polar surface area (TPSA) is 147 Å². The minimum absolute atomic E-state index is 0.0317. The predicted octanol–water partition coefficient (Wildman–Crippen LogP) is 3.94. The summed E-state index contributed by atoms with van der Waals surface area (Å²) in [6, 6.07) is 15.7. The summed E-state index contributed by atoms with van der Waals surface area (Å²) in [5.74, 6) is 0.712. The van der Waals surface area contributed by atoms with Gasteiger partial charge in [-0.3, -0.25) is 14.9 Å². The van der Waals surface area contributed by atoms with Gasteiger partial charge >= 0.3 is 0 Å². The number of nitro benzene ring substituents is 1. The third kappa shape index (κ3) is 6.09. The zero-order valence-corrected chi connectivity index (χ0v) is 21.2. The molecule has 0 unspecified atom stereocenters. The Balaban J connectivity index is 1.60. The maximum atomic E-state index is 12.6. The van der Waals surface area contributed by atoms with E-state index in [-0.39, 0.29) is 35.3 Å². The number of carbonyl (C=O) groups excluding carboxylic acids is 1. The van der Waals surface area contributed by atoms with Gasteiger partial charge in [-0.1, -0.05) is 12.1 Å². The molecule has 2 aromatic carbocycles. The van der Waals surface area contributed by atoms with E-state index in [1.165, 1.54) is 29.4 Å². The van der Waals surface area contributed by atoms with Gasteiger partial charge < -0.3 is 9.73 Å². The van der Waals surface area contributed by atoms with E-state index in [0.717, 1.165) is 0 Å². The SMILES string of the molecule is CC(C)(C)NC(=O)CCN(N=Cc1ccc(-c2ccc([N+](=O)[O-])cc2)o1)C1=NS(=O)(=O)c2ccccc21. The summed E-state index contributed by atoms with van der Waals surface area (Å²) in [4.78, 5) is 22.9. The number of hydrazone groups is 1. The lowest BCUT2D eigenvalue weighted by Gasteiger charge is -2.22. The van der Waals surface area contributed by atoms with Crippen molar-refractivity contribution in [2.24, 2.45) is 9.50 Å². The summed E-state index contributed by atoms with van der Waals surface area (Å²) >= 11 is 0. The van der Waals surface area contributed by atoms with Crippen molar-refractivity contribution < 1.29 is 22.6 Å². The molecule has 4 rings (SSSR count). The van der Waals surface area contributed by atoms with Crippen molar-refractivity contribution in [2.45, 2.75) is 37.6 Å². The highest BCUT2D eigenvalue weighted by atomic mass is 32.2. The van der Waals surface area contributed by atoms with E-state index in [4.69, 9.17) is 4.42 Å². The first-order valence-electron chi connectivity index (χ1n) is 11.3. The molecule has 1 aliphatic heterocycles. The molecule has 0 spiro atoms. The Bertz CT molecular complexity index is 1500. The number of nitro groups is 1. The van der Waals surface area contributed by atoms with Crippen molar-refractivity contribution in [1.82, 2.24) is 10.3 Å². The van der Waals surface area contributed by atoms with Gasteiger partial charge in [0.05, 0.1) is 17.7 Å². The van der Waals surface area contributed by atoms with Crippen molar-refractivity contribution in [3.63, 3.8) is 0 Å². The monoisotopic (exact) mass is 523 g/mol. The molecule has 37 heavy (non-hydrogen) atoms. The number of amidine groups is 1. The number of furan rings is 1. The number of sulfonamides is 1. The minimum Gasteiger partial charge on any atom is -0.455 e.